The van der Waals surface area contributed by atoms with Gasteiger partial charge in [-0.05, 0) is 5.56 Å². The highest BCUT2D eigenvalue weighted by atomic mass is 16.7. The highest BCUT2D eigenvalue weighted by molar-refractivity contribution is 5.79. The van der Waals surface area contributed by atoms with Gasteiger partial charge in [0.2, 0.25) is 5.91 Å². The average molecular weight is 415 g/mol. The standard InChI is InChI=1S/C18H25NO10/c1-9(21)19-12-14(13(23)11(22)8-20)29-18(27,16(25)26)17(28-2,15(12)24)10-6-4-3-5-7-10/h3-7,11-15,20,22-24,27H,8H2,1-2H3,(H,19,21)(H,25,26)/t11-,12+,13-,14-,15-,17?,18?/m1/s1. The van der Waals surface area contributed by atoms with Gasteiger partial charge in [0.05, 0.1) is 12.6 Å². The molecule has 1 aliphatic heterocycles. The lowest BCUT2D eigenvalue weighted by molar-refractivity contribution is -0.380. The van der Waals surface area contributed by atoms with Crippen molar-refractivity contribution in [2.75, 3.05) is 13.7 Å². The summed E-state index contributed by atoms with van der Waals surface area (Å²) in [6.07, 6.45) is -7.56. The molecule has 0 radical (unpaired) electrons. The number of hydrogen-bond acceptors (Lipinski definition) is 9. The lowest BCUT2D eigenvalue weighted by Gasteiger charge is -2.55. The Hall–Kier alpha value is -2.12. The fourth-order valence-corrected chi connectivity index (χ4v) is 3.63. The molecule has 2 rings (SSSR count). The number of carboxylic acid groups (broad SMARTS) is 1. The van der Waals surface area contributed by atoms with Crippen molar-refractivity contribution in [1.29, 1.82) is 0 Å². The van der Waals surface area contributed by atoms with E-state index in [-0.39, 0.29) is 5.56 Å². The summed E-state index contributed by atoms with van der Waals surface area (Å²) in [6, 6.07) is 5.87. The van der Waals surface area contributed by atoms with Gasteiger partial charge in [0.1, 0.15) is 24.4 Å². The molecule has 0 aliphatic carbocycles. The van der Waals surface area contributed by atoms with Crippen molar-refractivity contribution >= 4 is 11.9 Å². The Morgan fingerprint density at radius 3 is 2.31 bits per heavy atom. The number of aliphatic hydroxyl groups excluding tert-OH is 4. The SMILES string of the molecule is COC1(c2ccccc2)[C@H](O)[C@@H](NC(C)=O)[C@H]([C@H](O)[C@H](O)CO)OC1(O)C(=O)O. The first-order valence-corrected chi connectivity index (χ1v) is 8.73. The molecular weight excluding hydrogens is 390 g/mol. The van der Waals surface area contributed by atoms with E-state index in [1.807, 2.05) is 0 Å². The van der Waals surface area contributed by atoms with Gasteiger partial charge in [-0.3, -0.25) is 4.79 Å². The molecule has 0 spiro atoms. The number of carboxylic acids is 1. The molecular formula is C18H25NO10. The van der Waals surface area contributed by atoms with Crippen LogP contribution in [0.4, 0.5) is 0 Å². The van der Waals surface area contributed by atoms with Crippen LogP contribution in [0.5, 0.6) is 0 Å². The van der Waals surface area contributed by atoms with E-state index in [0.717, 1.165) is 14.0 Å². The number of methoxy groups -OCH3 is 1. The predicted molar refractivity (Wildman–Crippen MR) is 95.3 cm³/mol. The Bertz CT molecular complexity index is 731. The third-order valence-electron chi connectivity index (χ3n) is 5.02. The maximum Gasteiger partial charge on any atom is 0.368 e. The van der Waals surface area contributed by atoms with Crippen molar-refractivity contribution in [3.8, 4) is 0 Å². The first-order chi connectivity index (χ1) is 13.6. The molecule has 1 heterocycles. The van der Waals surface area contributed by atoms with Crippen molar-refractivity contribution in [3.05, 3.63) is 35.9 Å². The monoisotopic (exact) mass is 415 g/mol. The van der Waals surface area contributed by atoms with Crippen LogP contribution < -0.4 is 5.32 Å². The Kier molecular flexibility index (Phi) is 6.96. The van der Waals surface area contributed by atoms with Gasteiger partial charge < -0.3 is 45.4 Å². The van der Waals surface area contributed by atoms with E-state index in [1.54, 1.807) is 6.07 Å². The number of benzene rings is 1. The van der Waals surface area contributed by atoms with Crippen LogP contribution in [0.2, 0.25) is 0 Å². The topological polar surface area (TPSA) is 186 Å². The molecule has 1 fully saturated rings. The molecule has 7 N–H and O–H groups in total. The van der Waals surface area contributed by atoms with Crippen molar-refractivity contribution in [1.82, 2.24) is 5.32 Å². The van der Waals surface area contributed by atoms with E-state index >= 15 is 0 Å². The average Bonchev–Trinajstić information content (AvgIpc) is 2.70. The number of hydrogen-bond donors (Lipinski definition) is 7. The van der Waals surface area contributed by atoms with Gasteiger partial charge in [0.15, 0.2) is 5.60 Å². The van der Waals surface area contributed by atoms with Crippen molar-refractivity contribution in [3.63, 3.8) is 0 Å². The molecule has 0 saturated carbocycles. The Morgan fingerprint density at radius 2 is 1.86 bits per heavy atom. The van der Waals surface area contributed by atoms with Crippen molar-refractivity contribution in [2.45, 2.75) is 48.8 Å². The van der Waals surface area contributed by atoms with Gasteiger partial charge in [0, 0.05) is 14.0 Å². The van der Waals surface area contributed by atoms with Gasteiger partial charge >= 0.3 is 11.8 Å². The number of nitrogens with one attached hydrogen (secondary N) is 1. The highest BCUT2D eigenvalue weighted by Gasteiger charge is 2.71. The number of ether oxygens (including phenoxy) is 2. The maximum absolute atomic E-state index is 12.1. The fraction of sp³-hybridized carbons (Fsp3) is 0.556. The molecule has 1 aromatic rings. The molecule has 7 atom stereocenters. The molecule has 2 unspecified atom stereocenters. The minimum atomic E-state index is -3.24. The summed E-state index contributed by atoms with van der Waals surface area (Å²) in [6.45, 7) is 0.178. The second kappa shape index (κ2) is 8.71. The molecule has 11 heteroatoms. The van der Waals surface area contributed by atoms with Crippen LogP contribution in [0.3, 0.4) is 0 Å². The Balaban J connectivity index is 2.71. The van der Waals surface area contributed by atoms with Crippen LogP contribution in [-0.4, -0.2) is 92.5 Å². The van der Waals surface area contributed by atoms with E-state index < -0.39 is 60.3 Å². The second-order valence-corrected chi connectivity index (χ2v) is 6.75. The van der Waals surface area contributed by atoms with Crippen LogP contribution >= 0.6 is 0 Å². The third kappa shape index (κ3) is 3.73. The Labute approximate surface area is 166 Å². The number of rotatable bonds is 7. The van der Waals surface area contributed by atoms with Crippen molar-refractivity contribution < 1.29 is 49.7 Å². The minimum absolute atomic E-state index is 0.0194. The summed E-state index contributed by atoms with van der Waals surface area (Å²) in [5.74, 6) is -5.86. The molecule has 0 bridgehead atoms. The summed E-state index contributed by atoms with van der Waals surface area (Å²) >= 11 is 0. The van der Waals surface area contributed by atoms with E-state index in [1.165, 1.54) is 24.3 Å². The Morgan fingerprint density at radius 1 is 1.28 bits per heavy atom. The zero-order chi connectivity index (χ0) is 22.0. The number of amides is 1. The predicted octanol–water partition coefficient (Wildman–Crippen LogP) is -2.72. The zero-order valence-corrected chi connectivity index (χ0v) is 15.8. The molecule has 1 amide bonds. The number of carbonyl (C=O) groups is 2. The van der Waals surface area contributed by atoms with Crippen LogP contribution in [0, 0.1) is 0 Å². The van der Waals surface area contributed by atoms with E-state index in [0.29, 0.717) is 0 Å². The largest absolute Gasteiger partial charge is 0.477 e. The van der Waals surface area contributed by atoms with E-state index in [4.69, 9.17) is 14.6 Å². The van der Waals surface area contributed by atoms with Gasteiger partial charge in [-0.2, -0.15) is 0 Å². The minimum Gasteiger partial charge on any atom is -0.477 e. The lowest BCUT2D eigenvalue weighted by Crippen LogP contribution is -2.78. The molecule has 1 saturated heterocycles. The number of aliphatic carboxylic acids is 1. The van der Waals surface area contributed by atoms with E-state index in [9.17, 15) is 35.1 Å². The third-order valence-corrected chi connectivity index (χ3v) is 5.02. The summed E-state index contributed by atoms with van der Waals surface area (Å²) in [7, 11) is 1.04. The molecule has 29 heavy (non-hydrogen) atoms. The maximum atomic E-state index is 12.1. The van der Waals surface area contributed by atoms with Gasteiger partial charge in [-0.25, -0.2) is 4.79 Å². The summed E-state index contributed by atoms with van der Waals surface area (Å²) in [5.41, 5.74) is -2.40. The number of carbonyl (C=O) groups excluding carboxylic acids is 1. The molecule has 0 aromatic heterocycles. The first kappa shape index (κ1) is 23.2. The van der Waals surface area contributed by atoms with Gasteiger partial charge in [-0.1, -0.05) is 30.3 Å². The van der Waals surface area contributed by atoms with E-state index in [2.05, 4.69) is 5.32 Å². The smallest absolute Gasteiger partial charge is 0.368 e. The lowest BCUT2D eigenvalue weighted by atomic mass is 9.72. The van der Waals surface area contributed by atoms with Crippen LogP contribution in [-0.2, 0) is 24.7 Å². The summed E-state index contributed by atoms with van der Waals surface area (Å²) < 4.78 is 10.6. The molecule has 162 valence electrons. The summed E-state index contributed by atoms with van der Waals surface area (Å²) in [5, 5.41) is 63.5. The van der Waals surface area contributed by atoms with Gasteiger partial charge in [-0.15, -0.1) is 0 Å². The van der Waals surface area contributed by atoms with Crippen molar-refractivity contribution in [2.24, 2.45) is 0 Å². The summed E-state index contributed by atoms with van der Waals surface area (Å²) in [4.78, 5) is 23.8. The van der Waals surface area contributed by atoms with Crippen LogP contribution in [0.1, 0.15) is 12.5 Å². The quantitative estimate of drug-likeness (QED) is 0.247. The zero-order valence-electron chi connectivity index (χ0n) is 15.8. The molecule has 11 nitrogen and oxygen atoms in total. The second-order valence-electron chi connectivity index (χ2n) is 6.75. The van der Waals surface area contributed by atoms with Crippen LogP contribution in [0.15, 0.2) is 30.3 Å². The van der Waals surface area contributed by atoms with Gasteiger partial charge in [0.25, 0.3) is 0 Å². The number of aliphatic hydroxyl groups is 5. The van der Waals surface area contributed by atoms with Crippen LogP contribution in [0.25, 0.3) is 0 Å². The molecule has 1 aliphatic rings. The highest BCUT2D eigenvalue weighted by Crippen LogP contribution is 2.47. The first-order valence-electron chi connectivity index (χ1n) is 8.73. The normalized spacial score (nSPS) is 34.2. The fourth-order valence-electron chi connectivity index (χ4n) is 3.63. The molecule has 1 aromatic carbocycles.